The molecular weight excluding hydrogens is 200 g/mol. The van der Waals surface area contributed by atoms with Crippen LogP contribution in [0.1, 0.15) is 5.56 Å². The largest absolute Gasteiger partial charge is 0.508 e. The Bertz CT molecular complexity index is 504. The molecule has 0 radical (unpaired) electrons. The third-order valence-corrected chi connectivity index (χ3v) is 2.43. The predicted molar refractivity (Wildman–Crippen MR) is 63.3 cm³/mol. The van der Waals surface area contributed by atoms with Gasteiger partial charge in [0.15, 0.2) is 0 Å². The lowest BCUT2D eigenvalue weighted by molar-refractivity contribution is -0.107. The van der Waals surface area contributed by atoms with Crippen molar-refractivity contribution in [2.45, 2.75) is 6.42 Å². The molecule has 0 aliphatic heterocycles. The van der Waals surface area contributed by atoms with Crippen molar-refractivity contribution >= 4 is 6.29 Å². The van der Waals surface area contributed by atoms with Gasteiger partial charge >= 0.3 is 0 Å². The van der Waals surface area contributed by atoms with Crippen molar-refractivity contribution in [1.29, 1.82) is 0 Å². The van der Waals surface area contributed by atoms with E-state index < -0.39 is 0 Å². The third-order valence-electron chi connectivity index (χ3n) is 2.43. The first-order valence-electron chi connectivity index (χ1n) is 5.11. The van der Waals surface area contributed by atoms with E-state index in [0.717, 1.165) is 23.0 Å². The van der Waals surface area contributed by atoms with Crippen molar-refractivity contribution in [2.24, 2.45) is 0 Å². The summed E-state index contributed by atoms with van der Waals surface area (Å²) in [7, 11) is 0. The summed E-state index contributed by atoms with van der Waals surface area (Å²) in [4.78, 5) is 10.4. The van der Waals surface area contributed by atoms with Crippen LogP contribution in [-0.2, 0) is 11.2 Å². The molecule has 80 valence electrons. The molecule has 0 atom stereocenters. The van der Waals surface area contributed by atoms with E-state index in [0.29, 0.717) is 6.42 Å². The molecule has 0 amide bonds. The minimum Gasteiger partial charge on any atom is -0.508 e. The highest BCUT2D eigenvalue weighted by Crippen LogP contribution is 2.23. The average Bonchev–Trinajstić information content (AvgIpc) is 2.30. The first-order valence-corrected chi connectivity index (χ1v) is 5.11. The molecule has 1 N–H and O–H groups in total. The number of hydrogen-bond donors (Lipinski definition) is 1. The molecular formula is C14H12O2. The van der Waals surface area contributed by atoms with Crippen LogP contribution < -0.4 is 0 Å². The van der Waals surface area contributed by atoms with Gasteiger partial charge in [0.2, 0.25) is 0 Å². The number of hydrogen-bond acceptors (Lipinski definition) is 2. The van der Waals surface area contributed by atoms with Crippen molar-refractivity contribution in [3.63, 3.8) is 0 Å². The Hall–Kier alpha value is -2.09. The fraction of sp³-hybridized carbons (Fsp3) is 0.0714. The fourth-order valence-electron chi connectivity index (χ4n) is 1.66. The van der Waals surface area contributed by atoms with Gasteiger partial charge in [-0.05, 0) is 28.8 Å². The lowest BCUT2D eigenvalue weighted by Gasteiger charge is -2.04. The van der Waals surface area contributed by atoms with Gasteiger partial charge in [0, 0.05) is 6.42 Å². The highest BCUT2D eigenvalue weighted by atomic mass is 16.3. The van der Waals surface area contributed by atoms with Gasteiger partial charge in [0.25, 0.3) is 0 Å². The number of carbonyl (C=O) groups is 1. The van der Waals surface area contributed by atoms with Gasteiger partial charge in [-0.2, -0.15) is 0 Å². The second-order valence-corrected chi connectivity index (χ2v) is 3.62. The number of phenols is 1. The van der Waals surface area contributed by atoms with E-state index in [1.165, 1.54) is 0 Å². The Kier molecular flexibility index (Phi) is 3.01. The molecule has 2 heteroatoms. The van der Waals surface area contributed by atoms with Gasteiger partial charge in [0.05, 0.1) is 0 Å². The molecule has 0 aliphatic rings. The molecule has 0 aliphatic carbocycles. The second kappa shape index (κ2) is 4.62. The molecule has 2 nitrogen and oxygen atoms in total. The van der Waals surface area contributed by atoms with Crippen LogP contribution in [-0.4, -0.2) is 11.4 Å². The predicted octanol–water partition coefficient (Wildman–Crippen LogP) is 2.80. The van der Waals surface area contributed by atoms with Gasteiger partial charge in [-0.3, -0.25) is 0 Å². The minimum atomic E-state index is 0.248. The lowest BCUT2D eigenvalue weighted by Crippen LogP contribution is -1.86. The summed E-state index contributed by atoms with van der Waals surface area (Å²) in [5.41, 5.74) is 2.94. The molecule has 0 spiro atoms. The quantitative estimate of drug-likeness (QED) is 0.794. The zero-order valence-corrected chi connectivity index (χ0v) is 8.76. The van der Waals surface area contributed by atoms with Gasteiger partial charge < -0.3 is 9.90 Å². The normalized spacial score (nSPS) is 10.0. The Balaban J connectivity index is 2.40. The summed E-state index contributed by atoms with van der Waals surface area (Å²) in [5, 5.41) is 9.39. The Labute approximate surface area is 94.2 Å². The van der Waals surface area contributed by atoms with Gasteiger partial charge in [-0.1, -0.05) is 36.4 Å². The van der Waals surface area contributed by atoms with Crippen LogP contribution >= 0.6 is 0 Å². The SMILES string of the molecule is O=CCc1cccc(-c2cccc(O)c2)c1. The van der Waals surface area contributed by atoms with Crippen LogP contribution in [0, 0.1) is 0 Å². The molecule has 0 heterocycles. The maximum Gasteiger partial charge on any atom is 0.124 e. The Morgan fingerprint density at radius 3 is 2.38 bits per heavy atom. The van der Waals surface area contributed by atoms with Crippen molar-refractivity contribution in [3.05, 3.63) is 54.1 Å². The van der Waals surface area contributed by atoms with Crippen molar-refractivity contribution < 1.29 is 9.90 Å². The molecule has 0 bridgehead atoms. The summed E-state index contributed by atoms with van der Waals surface area (Å²) in [6.45, 7) is 0. The van der Waals surface area contributed by atoms with Crippen LogP contribution in [0.3, 0.4) is 0 Å². The van der Waals surface area contributed by atoms with Gasteiger partial charge in [0.1, 0.15) is 12.0 Å². The number of aldehydes is 1. The highest BCUT2D eigenvalue weighted by Gasteiger charge is 1.99. The van der Waals surface area contributed by atoms with Crippen LogP contribution in [0.4, 0.5) is 0 Å². The van der Waals surface area contributed by atoms with Crippen molar-refractivity contribution in [3.8, 4) is 16.9 Å². The van der Waals surface area contributed by atoms with Gasteiger partial charge in [-0.25, -0.2) is 0 Å². The van der Waals surface area contributed by atoms with E-state index in [9.17, 15) is 9.90 Å². The number of benzene rings is 2. The molecule has 2 aromatic carbocycles. The Morgan fingerprint density at radius 2 is 1.69 bits per heavy atom. The van der Waals surface area contributed by atoms with E-state index in [2.05, 4.69) is 0 Å². The Morgan fingerprint density at radius 1 is 1.00 bits per heavy atom. The zero-order chi connectivity index (χ0) is 11.4. The maximum atomic E-state index is 10.4. The monoisotopic (exact) mass is 212 g/mol. The molecule has 2 aromatic rings. The number of phenolic OH excluding ortho intramolecular Hbond substituents is 1. The summed E-state index contributed by atoms with van der Waals surface area (Å²) in [6.07, 6.45) is 1.31. The van der Waals surface area contributed by atoms with E-state index in [1.807, 2.05) is 30.3 Å². The van der Waals surface area contributed by atoms with Crippen LogP contribution in [0.15, 0.2) is 48.5 Å². The van der Waals surface area contributed by atoms with E-state index in [-0.39, 0.29) is 5.75 Å². The molecule has 16 heavy (non-hydrogen) atoms. The smallest absolute Gasteiger partial charge is 0.124 e. The topological polar surface area (TPSA) is 37.3 Å². The fourth-order valence-corrected chi connectivity index (χ4v) is 1.66. The van der Waals surface area contributed by atoms with Gasteiger partial charge in [-0.15, -0.1) is 0 Å². The van der Waals surface area contributed by atoms with E-state index in [1.54, 1.807) is 18.2 Å². The summed E-state index contributed by atoms with van der Waals surface area (Å²) >= 11 is 0. The third kappa shape index (κ3) is 2.28. The van der Waals surface area contributed by atoms with E-state index in [4.69, 9.17) is 0 Å². The number of rotatable bonds is 3. The molecule has 0 saturated carbocycles. The average molecular weight is 212 g/mol. The molecule has 0 saturated heterocycles. The van der Waals surface area contributed by atoms with Crippen molar-refractivity contribution in [1.82, 2.24) is 0 Å². The standard InChI is InChI=1S/C14H12O2/c15-8-7-11-3-1-4-12(9-11)13-5-2-6-14(16)10-13/h1-6,8-10,16H,7H2. The molecule has 0 aromatic heterocycles. The molecule has 0 fully saturated rings. The minimum absolute atomic E-state index is 0.248. The van der Waals surface area contributed by atoms with E-state index >= 15 is 0 Å². The molecule has 2 rings (SSSR count). The summed E-state index contributed by atoms with van der Waals surface area (Å²) < 4.78 is 0. The molecule has 0 unspecified atom stereocenters. The second-order valence-electron chi connectivity index (χ2n) is 3.62. The van der Waals surface area contributed by atoms with Crippen molar-refractivity contribution in [2.75, 3.05) is 0 Å². The lowest BCUT2D eigenvalue weighted by atomic mass is 10.0. The number of aromatic hydroxyl groups is 1. The first kappa shape index (κ1) is 10.4. The van der Waals surface area contributed by atoms with Crippen LogP contribution in [0.5, 0.6) is 5.75 Å². The van der Waals surface area contributed by atoms with Crippen LogP contribution in [0.25, 0.3) is 11.1 Å². The zero-order valence-electron chi connectivity index (χ0n) is 8.76. The maximum absolute atomic E-state index is 10.4. The summed E-state index contributed by atoms with van der Waals surface area (Å²) in [5.74, 6) is 0.248. The first-order chi connectivity index (χ1) is 7.79. The number of carbonyl (C=O) groups excluding carboxylic acids is 1. The van der Waals surface area contributed by atoms with Crippen LogP contribution in [0.2, 0.25) is 0 Å². The summed E-state index contributed by atoms with van der Waals surface area (Å²) in [6, 6.07) is 14.8. The highest BCUT2D eigenvalue weighted by molar-refractivity contribution is 5.67.